The van der Waals surface area contributed by atoms with Crippen LogP contribution in [0.2, 0.25) is 5.02 Å². The van der Waals surface area contributed by atoms with Crippen molar-refractivity contribution in [2.45, 2.75) is 25.7 Å². The molecule has 1 rings (SSSR count). The highest BCUT2D eigenvalue weighted by Crippen LogP contribution is 2.22. The number of carbonyl (C=O) groups excluding carboxylic acids is 1. The summed E-state index contributed by atoms with van der Waals surface area (Å²) in [6.45, 7) is 0.477. The predicted octanol–water partition coefficient (Wildman–Crippen LogP) is 3.78. The fourth-order valence-electron chi connectivity index (χ4n) is 1.72. The van der Waals surface area contributed by atoms with Gasteiger partial charge in [0.25, 0.3) is 11.6 Å². The van der Waals surface area contributed by atoms with Crippen molar-refractivity contribution in [2.24, 2.45) is 0 Å². The van der Waals surface area contributed by atoms with E-state index in [9.17, 15) is 14.9 Å². The number of nitrogens with zero attached hydrogens (tertiary/aromatic N) is 1. The third kappa shape index (κ3) is 5.35. The number of rotatable bonds is 8. The van der Waals surface area contributed by atoms with E-state index < -0.39 is 10.8 Å². The summed E-state index contributed by atoms with van der Waals surface area (Å²) in [5, 5.41) is 13.8. The van der Waals surface area contributed by atoms with Gasteiger partial charge in [-0.25, -0.2) is 0 Å². The molecule has 0 aliphatic carbocycles. The lowest BCUT2D eigenvalue weighted by Gasteiger charge is -2.06. The molecule has 0 aliphatic rings. The fourth-order valence-corrected chi connectivity index (χ4v) is 2.08. The van der Waals surface area contributed by atoms with E-state index in [4.69, 9.17) is 23.2 Å². The van der Waals surface area contributed by atoms with E-state index in [2.05, 4.69) is 5.32 Å². The third-order valence-electron chi connectivity index (χ3n) is 2.75. The van der Waals surface area contributed by atoms with E-state index in [-0.39, 0.29) is 11.3 Å². The van der Waals surface area contributed by atoms with Gasteiger partial charge in [0.1, 0.15) is 5.56 Å². The molecule has 0 saturated carbocycles. The summed E-state index contributed by atoms with van der Waals surface area (Å²) >= 11 is 11.3. The smallest absolute Gasteiger partial charge is 0.282 e. The van der Waals surface area contributed by atoms with Gasteiger partial charge < -0.3 is 5.32 Å². The summed E-state index contributed by atoms with van der Waals surface area (Å²) in [7, 11) is 0. The summed E-state index contributed by atoms with van der Waals surface area (Å²) in [4.78, 5) is 22.2. The molecule has 0 unspecified atom stereocenters. The molecule has 110 valence electrons. The van der Waals surface area contributed by atoms with Crippen LogP contribution < -0.4 is 5.32 Å². The number of unbranched alkanes of at least 4 members (excludes halogenated alkanes) is 3. The molecule has 1 N–H and O–H groups in total. The predicted molar refractivity (Wildman–Crippen MR) is 79.6 cm³/mol. The molecular weight excluding hydrogens is 303 g/mol. The molecule has 20 heavy (non-hydrogen) atoms. The van der Waals surface area contributed by atoms with Crippen molar-refractivity contribution in [3.8, 4) is 0 Å². The Morgan fingerprint density at radius 3 is 2.60 bits per heavy atom. The van der Waals surface area contributed by atoms with Crippen LogP contribution in [0.15, 0.2) is 18.2 Å². The molecular formula is C13H16Cl2N2O3. The zero-order valence-electron chi connectivity index (χ0n) is 10.9. The number of alkyl halides is 1. The highest BCUT2D eigenvalue weighted by Gasteiger charge is 2.19. The Morgan fingerprint density at radius 2 is 1.95 bits per heavy atom. The lowest BCUT2D eigenvalue weighted by atomic mass is 10.1. The number of nitro benzene ring substituents is 1. The van der Waals surface area contributed by atoms with Crippen molar-refractivity contribution < 1.29 is 9.72 Å². The van der Waals surface area contributed by atoms with Crippen molar-refractivity contribution in [3.63, 3.8) is 0 Å². The van der Waals surface area contributed by atoms with Gasteiger partial charge in [-0.05, 0) is 25.0 Å². The van der Waals surface area contributed by atoms with Crippen molar-refractivity contribution in [1.29, 1.82) is 0 Å². The van der Waals surface area contributed by atoms with Gasteiger partial charge in [-0.1, -0.05) is 24.4 Å². The first-order chi connectivity index (χ1) is 9.56. The largest absolute Gasteiger partial charge is 0.352 e. The number of carbonyl (C=O) groups is 1. The molecule has 0 fully saturated rings. The van der Waals surface area contributed by atoms with E-state index in [1.807, 2.05) is 0 Å². The summed E-state index contributed by atoms with van der Waals surface area (Å²) in [5.41, 5.74) is -0.253. The molecule has 0 aromatic heterocycles. The summed E-state index contributed by atoms with van der Waals surface area (Å²) < 4.78 is 0. The molecule has 0 atom stereocenters. The Balaban J connectivity index is 2.54. The molecule has 0 aliphatic heterocycles. The molecule has 0 saturated heterocycles. The van der Waals surface area contributed by atoms with Gasteiger partial charge in [0.15, 0.2) is 0 Å². The lowest BCUT2D eigenvalue weighted by Crippen LogP contribution is -2.25. The minimum absolute atomic E-state index is 0.0109. The maximum absolute atomic E-state index is 11.9. The zero-order chi connectivity index (χ0) is 15.0. The van der Waals surface area contributed by atoms with Crippen LogP contribution >= 0.6 is 23.2 Å². The highest BCUT2D eigenvalue weighted by atomic mass is 35.5. The minimum atomic E-state index is -0.592. The monoisotopic (exact) mass is 318 g/mol. The molecule has 5 nitrogen and oxygen atoms in total. The van der Waals surface area contributed by atoms with Crippen molar-refractivity contribution in [3.05, 3.63) is 38.9 Å². The second-order valence-electron chi connectivity index (χ2n) is 4.28. The van der Waals surface area contributed by atoms with Crippen LogP contribution in [0, 0.1) is 10.1 Å². The third-order valence-corrected chi connectivity index (χ3v) is 3.25. The molecule has 0 spiro atoms. The molecule has 1 aromatic carbocycles. The number of halogens is 2. The number of nitro groups is 1. The number of benzene rings is 1. The quantitative estimate of drug-likeness (QED) is 0.343. The van der Waals surface area contributed by atoms with Gasteiger partial charge in [-0.2, -0.15) is 0 Å². The van der Waals surface area contributed by atoms with Crippen LogP contribution in [0.3, 0.4) is 0 Å². The minimum Gasteiger partial charge on any atom is -0.352 e. The normalized spacial score (nSPS) is 10.3. The van der Waals surface area contributed by atoms with E-state index in [0.717, 1.165) is 25.7 Å². The Kier molecular flexibility index (Phi) is 7.33. The Morgan fingerprint density at radius 1 is 1.25 bits per heavy atom. The van der Waals surface area contributed by atoms with Crippen LogP contribution in [-0.4, -0.2) is 23.3 Å². The lowest BCUT2D eigenvalue weighted by molar-refractivity contribution is -0.385. The Hall–Kier alpha value is -1.33. The standard InChI is InChI=1S/C13H16Cl2N2O3/c14-7-3-1-2-4-8-16-13(18)11-9-10(15)5-6-12(11)17(19)20/h5-6,9H,1-4,7-8H2,(H,16,18). The first kappa shape index (κ1) is 16.7. The van der Waals surface area contributed by atoms with E-state index in [0.29, 0.717) is 17.4 Å². The first-order valence-corrected chi connectivity index (χ1v) is 7.25. The van der Waals surface area contributed by atoms with Gasteiger partial charge in [0.2, 0.25) is 0 Å². The second-order valence-corrected chi connectivity index (χ2v) is 5.09. The topological polar surface area (TPSA) is 72.2 Å². The Bertz CT molecular complexity index is 481. The number of nitrogens with one attached hydrogen (secondary N) is 1. The summed E-state index contributed by atoms with van der Waals surface area (Å²) in [6, 6.07) is 3.93. The average Bonchev–Trinajstić information content (AvgIpc) is 2.42. The van der Waals surface area contributed by atoms with Crippen LogP contribution in [-0.2, 0) is 0 Å². The maximum atomic E-state index is 11.9. The average molecular weight is 319 g/mol. The van der Waals surface area contributed by atoms with Crippen LogP contribution in [0.4, 0.5) is 5.69 Å². The van der Waals surface area contributed by atoms with Crippen LogP contribution in [0.5, 0.6) is 0 Å². The molecule has 7 heteroatoms. The molecule has 0 bridgehead atoms. The van der Waals surface area contributed by atoms with Crippen molar-refractivity contribution in [1.82, 2.24) is 5.32 Å². The number of amides is 1. The fraction of sp³-hybridized carbons (Fsp3) is 0.462. The summed E-state index contributed by atoms with van der Waals surface area (Å²) in [6.07, 6.45) is 3.74. The molecule has 1 amide bonds. The van der Waals surface area contributed by atoms with Gasteiger partial charge >= 0.3 is 0 Å². The van der Waals surface area contributed by atoms with Gasteiger partial charge in [-0.15, -0.1) is 11.6 Å². The highest BCUT2D eigenvalue weighted by molar-refractivity contribution is 6.31. The maximum Gasteiger partial charge on any atom is 0.282 e. The van der Waals surface area contributed by atoms with Crippen LogP contribution in [0.1, 0.15) is 36.0 Å². The summed E-state index contributed by atoms with van der Waals surface area (Å²) in [5.74, 6) is 0.165. The SMILES string of the molecule is O=C(NCCCCCCCl)c1cc(Cl)ccc1[N+](=O)[O-]. The Labute approximate surface area is 127 Å². The molecule has 0 radical (unpaired) electrons. The van der Waals surface area contributed by atoms with E-state index in [1.54, 1.807) is 0 Å². The molecule has 1 aromatic rings. The van der Waals surface area contributed by atoms with Gasteiger partial charge in [0, 0.05) is 23.5 Å². The first-order valence-electron chi connectivity index (χ1n) is 6.34. The van der Waals surface area contributed by atoms with E-state index in [1.165, 1.54) is 18.2 Å². The van der Waals surface area contributed by atoms with Gasteiger partial charge in [-0.3, -0.25) is 14.9 Å². The second kappa shape index (κ2) is 8.76. The van der Waals surface area contributed by atoms with E-state index >= 15 is 0 Å². The van der Waals surface area contributed by atoms with Crippen LogP contribution in [0.25, 0.3) is 0 Å². The number of hydrogen-bond acceptors (Lipinski definition) is 3. The number of hydrogen-bond donors (Lipinski definition) is 1. The molecule has 0 heterocycles. The van der Waals surface area contributed by atoms with Gasteiger partial charge in [0.05, 0.1) is 4.92 Å². The zero-order valence-corrected chi connectivity index (χ0v) is 12.4. The van der Waals surface area contributed by atoms with Crippen molar-refractivity contribution in [2.75, 3.05) is 12.4 Å². The van der Waals surface area contributed by atoms with Crippen molar-refractivity contribution >= 4 is 34.8 Å².